The first-order valence-corrected chi connectivity index (χ1v) is 6.59. The topological polar surface area (TPSA) is 64.3 Å². The van der Waals surface area contributed by atoms with Crippen LogP contribution in [0.5, 0.6) is 0 Å². The first-order valence-electron chi connectivity index (χ1n) is 6.18. The van der Waals surface area contributed by atoms with Crippen LogP contribution in [-0.2, 0) is 9.53 Å². The van der Waals surface area contributed by atoms with E-state index in [0.29, 0.717) is 11.5 Å². The maximum absolute atomic E-state index is 12.2. The van der Waals surface area contributed by atoms with Crippen molar-refractivity contribution in [3.8, 4) is 0 Å². The molecule has 0 spiro atoms. The molecule has 4 nitrogen and oxygen atoms in total. The number of hydrogen-bond donors (Lipinski definition) is 2. The van der Waals surface area contributed by atoms with E-state index >= 15 is 0 Å². The van der Waals surface area contributed by atoms with Crippen LogP contribution in [0.4, 0.5) is 0 Å². The number of methoxy groups -OCH3 is 1. The Hall–Kier alpha value is -0.680. The Morgan fingerprint density at radius 2 is 1.94 bits per heavy atom. The van der Waals surface area contributed by atoms with Gasteiger partial charge in [-0.3, -0.25) is 4.79 Å². The van der Waals surface area contributed by atoms with E-state index in [1.807, 2.05) is 0 Å². The van der Waals surface area contributed by atoms with E-state index in [2.05, 4.69) is 5.32 Å². The molecule has 1 amide bonds. The molecule has 0 bridgehead atoms. The molecule has 0 aromatic rings. The molecular weight excluding hydrogens is 236 g/mol. The van der Waals surface area contributed by atoms with Gasteiger partial charge < -0.3 is 15.8 Å². The number of hydrogen-bond acceptors (Lipinski definition) is 3. The Bertz CT molecular complexity index is 330. The highest BCUT2D eigenvalue weighted by atomic mass is 32.1. The Balaban J connectivity index is 1.91. The number of thiocarbonyl (C=S) groups is 1. The lowest BCUT2D eigenvalue weighted by Gasteiger charge is -2.43. The van der Waals surface area contributed by atoms with Gasteiger partial charge in [-0.1, -0.05) is 18.6 Å². The van der Waals surface area contributed by atoms with Gasteiger partial charge in [0.1, 0.15) is 0 Å². The van der Waals surface area contributed by atoms with Crippen molar-refractivity contribution in [1.29, 1.82) is 0 Å². The minimum Gasteiger partial charge on any atom is -0.392 e. The summed E-state index contributed by atoms with van der Waals surface area (Å²) in [5.74, 6) is -0.0143. The van der Waals surface area contributed by atoms with Crippen molar-refractivity contribution in [3.05, 3.63) is 0 Å². The van der Waals surface area contributed by atoms with Crippen molar-refractivity contribution in [2.24, 2.45) is 11.1 Å². The van der Waals surface area contributed by atoms with Gasteiger partial charge in [0, 0.05) is 13.7 Å². The summed E-state index contributed by atoms with van der Waals surface area (Å²) in [5.41, 5.74) is 4.97. The Morgan fingerprint density at radius 1 is 1.35 bits per heavy atom. The van der Waals surface area contributed by atoms with Crippen LogP contribution in [0.2, 0.25) is 0 Å². The van der Waals surface area contributed by atoms with Gasteiger partial charge in [-0.15, -0.1) is 0 Å². The van der Waals surface area contributed by atoms with Crippen LogP contribution >= 0.6 is 12.2 Å². The maximum atomic E-state index is 12.2. The van der Waals surface area contributed by atoms with E-state index < -0.39 is 5.41 Å². The van der Waals surface area contributed by atoms with Gasteiger partial charge in [0.15, 0.2) is 0 Å². The standard InChI is InChI=1S/C12H20N2O2S/c1-16-11(4-2-5-11)8-14-10(15)12(9(13)17)6-3-7-12/h2-8H2,1H3,(H2,13,17)(H,14,15). The third-order valence-corrected chi connectivity index (χ3v) is 4.77. The molecule has 0 saturated heterocycles. The van der Waals surface area contributed by atoms with Crippen LogP contribution in [0, 0.1) is 5.41 Å². The Labute approximate surface area is 107 Å². The fraction of sp³-hybridized carbons (Fsp3) is 0.833. The highest BCUT2D eigenvalue weighted by Gasteiger charge is 2.48. The molecule has 2 aliphatic carbocycles. The Morgan fingerprint density at radius 3 is 2.24 bits per heavy atom. The molecule has 2 fully saturated rings. The quantitative estimate of drug-likeness (QED) is 0.724. The summed E-state index contributed by atoms with van der Waals surface area (Å²) < 4.78 is 5.47. The average Bonchev–Trinajstić information content (AvgIpc) is 2.14. The predicted octanol–water partition coefficient (Wildman–Crippen LogP) is 1.13. The van der Waals surface area contributed by atoms with Crippen LogP contribution in [0.25, 0.3) is 0 Å². The minimum atomic E-state index is -0.575. The molecule has 0 aliphatic heterocycles. The monoisotopic (exact) mass is 256 g/mol. The molecule has 0 unspecified atom stereocenters. The summed E-state index contributed by atoms with van der Waals surface area (Å²) in [6.07, 6.45) is 5.81. The molecule has 2 aliphatic rings. The lowest BCUT2D eigenvalue weighted by molar-refractivity contribution is -0.134. The fourth-order valence-electron chi connectivity index (χ4n) is 2.55. The zero-order valence-electron chi connectivity index (χ0n) is 10.3. The van der Waals surface area contributed by atoms with Gasteiger partial charge in [0.05, 0.1) is 16.0 Å². The second-order valence-electron chi connectivity index (χ2n) is 5.22. The molecule has 5 heteroatoms. The van der Waals surface area contributed by atoms with Crippen LogP contribution in [-0.4, -0.2) is 30.2 Å². The number of rotatable bonds is 5. The minimum absolute atomic E-state index is 0.0143. The molecule has 0 atom stereocenters. The van der Waals surface area contributed by atoms with E-state index in [4.69, 9.17) is 22.7 Å². The van der Waals surface area contributed by atoms with Gasteiger partial charge in [0.25, 0.3) is 0 Å². The SMILES string of the molecule is COC1(CNC(=O)C2(C(N)=S)CCC2)CCC1. The van der Waals surface area contributed by atoms with Crippen LogP contribution in [0.15, 0.2) is 0 Å². The average molecular weight is 256 g/mol. The van der Waals surface area contributed by atoms with Crippen LogP contribution in [0.3, 0.4) is 0 Å². The van der Waals surface area contributed by atoms with Crippen molar-refractivity contribution in [1.82, 2.24) is 5.32 Å². The molecule has 17 heavy (non-hydrogen) atoms. The van der Waals surface area contributed by atoms with Crippen molar-refractivity contribution >= 4 is 23.1 Å². The first kappa shape index (κ1) is 12.8. The summed E-state index contributed by atoms with van der Waals surface area (Å²) >= 11 is 5.02. The number of carbonyl (C=O) groups is 1. The zero-order chi connectivity index (χ0) is 12.5. The van der Waals surface area contributed by atoms with Crippen molar-refractivity contribution in [2.45, 2.75) is 44.1 Å². The largest absolute Gasteiger partial charge is 0.392 e. The predicted molar refractivity (Wildman–Crippen MR) is 69.7 cm³/mol. The van der Waals surface area contributed by atoms with E-state index in [0.717, 1.165) is 32.1 Å². The second kappa shape index (κ2) is 4.53. The first-order chi connectivity index (χ1) is 8.05. The second-order valence-corrected chi connectivity index (χ2v) is 5.66. The van der Waals surface area contributed by atoms with Crippen molar-refractivity contribution in [3.63, 3.8) is 0 Å². The van der Waals surface area contributed by atoms with Gasteiger partial charge in [-0.2, -0.15) is 0 Å². The summed E-state index contributed by atoms with van der Waals surface area (Å²) in [4.78, 5) is 12.5. The lowest BCUT2D eigenvalue weighted by atomic mass is 9.67. The molecule has 0 aromatic heterocycles. The zero-order valence-corrected chi connectivity index (χ0v) is 11.1. The summed E-state index contributed by atoms with van der Waals surface area (Å²) in [6.45, 7) is 0.576. The maximum Gasteiger partial charge on any atom is 0.233 e. The molecule has 0 aromatic carbocycles. The van der Waals surface area contributed by atoms with Crippen LogP contribution < -0.4 is 11.1 Å². The van der Waals surface area contributed by atoms with Gasteiger partial charge >= 0.3 is 0 Å². The van der Waals surface area contributed by atoms with Crippen molar-refractivity contribution in [2.75, 3.05) is 13.7 Å². The van der Waals surface area contributed by atoms with Gasteiger partial charge in [0.2, 0.25) is 5.91 Å². The number of nitrogens with one attached hydrogen (secondary N) is 1. The summed E-state index contributed by atoms with van der Waals surface area (Å²) in [6, 6.07) is 0. The number of nitrogens with two attached hydrogens (primary N) is 1. The van der Waals surface area contributed by atoms with Crippen molar-refractivity contribution < 1.29 is 9.53 Å². The molecule has 0 radical (unpaired) electrons. The smallest absolute Gasteiger partial charge is 0.233 e. The number of ether oxygens (including phenoxy) is 1. The molecule has 2 saturated carbocycles. The molecular formula is C12H20N2O2S. The van der Waals surface area contributed by atoms with E-state index in [1.165, 1.54) is 6.42 Å². The normalized spacial score (nSPS) is 24.3. The van der Waals surface area contributed by atoms with Gasteiger partial charge in [-0.05, 0) is 32.1 Å². The molecule has 3 N–H and O–H groups in total. The summed E-state index contributed by atoms with van der Waals surface area (Å²) in [7, 11) is 1.71. The Kier molecular flexibility index (Phi) is 3.41. The van der Waals surface area contributed by atoms with Crippen LogP contribution in [0.1, 0.15) is 38.5 Å². The summed E-state index contributed by atoms with van der Waals surface area (Å²) in [5, 5.41) is 2.97. The highest BCUT2D eigenvalue weighted by Crippen LogP contribution is 2.42. The van der Waals surface area contributed by atoms with Gasteiger partial charge in [-0.25, -0.2) is 0 Å². The number of amides is 1. The third kappa shape index (κ3) is 2.06. The highest BCUT2D eigenvalue weighted by molar-refractivity contribution is 7.80. The molecule has 2 rings (SSSR count). The van der Waals surface area contributed by atoms with E-state index in [-0.39, 0.29) is 11.5 Å². The molecule has 0 heterocycles. The molecule has 96 valence electrons. The third-order valence-electron chi connectivity index (χ3n) is 4.38. The van der Waals surface area contributed by atoms with E-state index in [9.17, 15) is 4.79 Å². The lowest BCUT2D eigenvalue weighted by Crippen LogP contribution is -2.57. The van der Waals surface area contributed by atoms with E-state index in [1.54, 1.807) is 7.11 Å². The fourth-order valence-corrected chi connectivity index (χ4v) is 2.85. The number of carbonyl (C=O) groups excluding carboxylic acids is 1.